The SMILES string of the molecule is CC.O=C(CNc1cccc(C(=O)Nc2ccccc2)c1)N/N=C/c1ccncc1. The van der Waals surface area contributed by atoms with Crippen LogP contribution >= 0.6 is 0 Å². The molecule has 3 N–H and O–H groups in total. The standard InChI is InChI=1S/C21H19N5O2.C2H6/c27-20(26-24-14-16-9-11-22-12-10-16)15-23-19-8-4-5-17(13-19)21(28)25-18-6-2-1-3-7-18;1-2/h1-14,23H,15H2,(H,25,28)(H,26,27);1-2H3/b24-14+;. The van der Waals surface area contributed by atoms with Crippen molar-refractivity contribution < 1.29 is 9.59 Å². The van der Waals surface area contributed by atoms with E-state index in [2.05, 4.69) is 26.1 Å². The van der Waals surface area contributed by atoms with Crippen LogP contribution in [-0.2, 0) is 4.79 Å². The molecule has 2 aromatic carbocycles. The Labute approximate surface area is 176 Å². The lowest BCUT2D eigenvalue weighted by Crippen LogP contribution is -2.26. The quantitative estimate of drug-likeness (QED) is 0.411. The van der Waals surface area contributed by atoms with E-state index >= 15 is 0 Å². The topological polar surface area (TPSA) is 95.5 Å². The lowest BCUT2D eigenvalue weighted by Gasteiger charge is -2.08. The zero-order valence-corrected chi connectivity index (χ0v) is 17.0. The van der Waals surface area contributed by atoms with Crippen molar-refractivity contribution in [3.63, 3.8) is 0 Å². The van der Waals surface area contributed by atoms with E-state index in [-0.39, 0.29) is 18.4 Å². The number of hydrogen-bond donors (Lipinski definition) is 3. The molecule has 0 fully saturated rings. The average Bonchev–Trinajstić information content (AvgIpc) is 2.80. The number of para-hydroxylation sites is 1. The van der Waals surface area contributed by atoms with Gasteiger partial charge in [-0.2, -0.15) is 5.10 Å². The predicted octanol–water partition coefficient (Wildman–Crippen LogP) is 3.92. The van der Waals surface area contributed by atoms with Gasteiger partial charge < -0.3 is 10.6 Å². The first kappa shape index (κ1) is 22.3. The van der Waals surface area contributed by atoms with E-state index < -0.39 is 0 Å². The number of aromatic nitrogens is 1. The van der Waals surface area contributed by atoms with Gasteiger partial charge >= 0.3 is 0 Å². The molecule has 0 bridgehead atoms. The maximum Gasteiger partial charge on any atom is 0.259 e. The molecule has 1 heterocycles. The number of carbonyl (C=O) groups is 2. The highest BCUT2D eigenvalue weighted by Gasteiger charge is 2.07. The molecule has 1 aromatic heterocycles. The van der Waals surface area contributed by atoms with E-state index in [0.29, 0.717) is 11.3 Å². The van der Waals surface area contributed by atoms with Gasteiger partial charge in [-0.1, -0.05) is 38.1 Å². The Kier molecular flexibility index (Phi) is 9.26. The Morgan fingerprint density at radius 2 is 1.63 bits per heavy atom. The number of nitrogens with zero attached hydrogens (tertiary/aromatic N) is 2. The number of nitrogens with one attached hydrogen (secondary N) is 3. The van der Waals surface area contributed by atoms with E-state index in [1.165, 1.54) is 6.21 Å². The summed E-state index contributed by atoms with van der Waals surface area (Å²) in [4.78, 5) is 28.1. The van der Waals surface area contributed by atoms with Gasteiger partial charge in [0.05, 0.1) is 12.8 Å². The first-order valence-corrected chi connectivity index (χ1v) is 9.63. The van der Waals surface area contributed by atoms with Gasteiger partial charge in [0.2, 0.25) is 0 Å². The number of benzene rings is 2. The van der Waals surface area contributed by atoms with Crippen LogP contribution in [0.2, 0.25) is 0 Å². The maximum absolute atomic E-state index is 12.3. The number of anilines is 2. The first-order chi connectivity index (χ1) is 14.7. The molecule has 30 heavy (non-hydrogen) atoms. The van der Waals surface area contributed by atoms with Gasteiger partial charge in [-0.05, 0) is 48.0 Å². The summed E-state index contributed by atoms with van der Waals surface area (Å²) in [7, 11) is 0. The summed E-state index contributed by atoms with van der Waals surface area (Å²) in [6, 6.07) is 19.7. The Morgan fingerprint density at radius 3 is 2.37 bits per heavy atom. The fourth-order valence-electron chi connectivity index (χ4n) is 2.35. The molecule has 7 nitrogen and oxygen atoms in total. The van der Waals surface area contributed by atoms with Gasteiger partial charge in [0, 0.05) is 29.3 Å². The molecule has 0 aliphatic rings. The molecule has 0 aliphatic carbocycles. The van der Waals surface area contributed by atoms with E-state index in [1.54, 1.807) is 48.8 Å². The van der Waals surface area contributed by atoms with E-state index in [0.717, 1.165) is 11.3 Å². The summed E-state index contributed by atoms with van der Waals surface area (Å²) in [5.74, 6) is -0.523. The third-order valence-electron chi connectivity index (χ3n) is 3.72. The molecule has 3 rings (SSSR count). The molecular weight excluding hydrogens is 378 g/mol. The predicted molar refractivity (Wildman–Crippen MR) is 121 cm³/mol. The van der Waals surface area contributed by atoms with E-state index in [4.69, 9.17) is 0 Å². The second-order valence-electron chi connectivity index (χ2n) is 5.83. The van der Waals surface area contributed by atoms with E-state index in [9.17, 15) is 9.59 Å². The Hall–Kier alpha value is -4.00. The monoisotopic (exact) mass is 403 g/mol. The molecular formula is C23H25N5O2. The number of carbonyl (C=O) groups excluding carboxylic acids is 2. The third-order valence-corrected chi connectivity index (χ3v) is 3.72. The highest BCUT2D eigenvalue weighted by atomic mass is 16.2. The largest absolute Gasteiger partial charge is 0.376 e. The highest BCUT2D eigenvalue weighted by molar-refractivity contribution is 6.04. The summed E-state index contributed by atoms with van der Waals surface area (Å²) >= 11 is 0. The second-order valence-corrected chi connectivity index (χ2v) is 5.83. The van der Waals surface area contributed by atoms with Crippen LogP contribution in [-0.4, -0.2) is 29.6 Å². The van der Waals surface area contributed by atoms with Gasteiger partial charge in [-0.3, -0.25) is 14.6 Å². The minimum atomic E-state index is -0.301. The van der Waals surface area contributed by atoms with Crippen LogP contribution < -0.4 is 16.1 Å². The van der Waals surface area contributed by atoms with Gasteiger partial charge in [0.15, 0.2) is 0 Å². The molecule has 0 unspecified atom stereocenters. The lowest BCUT2D eigenvalue weighted by atomic mass is 10.2. The second kappa shape index (κ2) is 12.5. The molecule has 0 saturated heterocycles. The van der Waals surface area contributed by atoms with Crippen molar-refractivity contribution in [2.75, 3.05) is 17.2 Å². The summed E-state index contributed by atoms with van der Waals surface area (Å²) in [6.45, 7) is 4.03. The summed E-state index contributed by atoms with van der Waals surface area (Å²) in [5, 5.41) is 9.69. The van der Waals surface area contributed by atoms with Crippen molar-refractivity contribution in [3.8, 4) is 0 Å². The normalized spacial score (nSPS) is 9.93. The Morgan fingerprint density at radius 1 is 0.933 bits per heavy atom. The average molecular weight is 403 g/mol. The number of pyridine rings is 1. The molecule has 3 aromatic rings. The molecule has 0 radical (unpaired) electrons. The number of hydrazone groups is 1. The smallest absolute Gasteiger partial charge is 0.259 e. The molecule has 0 atom stereocenters. The third kappa shape index (κ3) is 7.55. The zero-order chi connectivity index (χ0) is 21.6. The minimum Gasteiger partial charge on any atom is -0.376 e. The first-order valence-electron chi connectivity index (χ1n) is 9.63. The molecule has 0 spiro atoms. The fraction of sp³-hybridized carbons (Fsp3) is 0.130. The van der Waals surface area contributed by atoms with Crippen LogP contribution in [0.15, 0.2) is 84.2 Å². The van der Waals surface area contributed by atoms with Crippen molar-refractivity contribution in [1.29, 1.82) is 0 Å². The van der Waals surface area contributed by atoms with E-state index in [1.807, 2.05) is 44.2 Å². The molecule has 0 saturated carbocycles. The van der Waals surface area contributed by atoms with Crippen LogP contribution in [0.5, 0.6) is 0 Å². The van der Waals surface area contributed by atoms with Crippen molar-refractivity contribution in [3.05, 3.63) is 90.3 Å². The molecule has 7 heteroatoms. The van der Waals surface area contributed by atoms with Crippen molar-refractivity contribution >= 4 is 29.4 Å². The fourth-order valence-corrected chi connectivity index (χ4v) is 2.35. The summed E-state index contributed by atoms with van der Waals surface area (Å²) < 4.78 is 0. The van der Waals surface area contributed by atoms with Crippen LogP contribution in [0.4, 0.5) is 11.4 Å². The van der Waals surface area contributed by atoms with Crippen LogP contribution in [0.3, 0.4) is 0 Å². The lowest BCUT2D eigenvalue weighted by molar-refractivity contribution is -0.119. The summed E-state index contributed by atoms with van der Waals surface area (Å²) in [6.07, 6.45) is 4.82. The number of hydrogen-bond acceptors (Lipinski definition) is 5. The van der Waals surface area contributed by atoms with Gasteiger partial charge in [0.1, 0.15) is 0 Å². The van der Waals surface area contributed by atoms with Crippen LogP contribution in [0.1, 0.15) is 29.8 Å². The van der Waals surface area contributed by atoms with Gasteiger partial charge in [0.25, 0.3) is 11.8 Å². The molecule has 0 aliphatic heterocycles. The summed E-state index contributed by atoms with van der Waals surface area (Å²) in [5.41, 5.74) is 5.14. The van der Waals surface area contributed by atoms with Crippen LogP contribution in [0, 0.1) is 0 Å². The van der Waals surface area contributed by atoms with Gasteiger partial charge in [-0.15, -0.1) is 0 Å². The minimum absolute atomic E-state index is 0.0252. The van der Waals surface area contributed by atoms with Gasteiger partial charge in [-0.25, -0.2) is 5.43 Å². The maximum atomic E-state index is 12.3. The number of amides is 2. The van der Waals surface area contributed by atoms with Crippen molar-refractivity contribution in [1.82, 2.24) is 10.4 Å². The molecule has 154 valence electrons. The molecule has 2 amide bonds. The Bertz CT molecular complexity index is 960. The van der Waals surface area contributed by atoms with Crippen molar-refractivity contribution in [2.45, 2.75) is 13.8 Å². The van der Waals surface area contributed by atoms with Crippen LogP contribution in [0.25, 0.3) is 0 Å². The zero-order valence-electron chi connectivity index (χ0n) is 17.0. The highest BCUT2D eigenvalue weighted by Crippen LogP contribution is 2.13. The van der Waals surface area contributed by atoms with Crippen molar-refractivity contribution in [2.24, 2.45) is 5.10 Å². The number of rotatable bonds is 7. The Balaban J connectivity index is 0.00000155.